The van der Waals surface area contributed by atoms with E-state index in [0.717, 1.165) is 29.9 Å². The van der Waals surface area contributed by atoms with Gasteiger partial charge in [0.1, 0.15) is 5.82 Å². The number of aryl methyl sites for hydroxylation is 1. The first-order chi connectivity index (χ1) is 8.65. The van der Waals surface area contributed by atoms with Crippen LogP contribution < -0.4 is 0 Å². The first kappa shape index (κ1) is 13.5. The largest absolute Gasteiger partial charge is 0.388 e. The van der Waals surface area contributed by atoms with Crippen LogP contribution in [0.4, 0.5) is 4.39 Å². The lowest BCUT2D eigenvalue weighted by Crippen LogP contribution is -2.08. The Bertz CT molecular complexity index is 362. The first-order valence-electron chi connectivity index (χ1n) is 7.10. The van der Waals surface area contributed by atoms with E-state index in [1.807, 2.05) is 13.0 Å². The Hall–Kier alpha value is -0.890. The maximum Gasteiger partial charge on any atom is 0.123 e. The summed E-state index contributed by atoms with van der Waals surface area (Å²) < 4.78 is 13.3. The molecule has 1 fully saturated rings. The van der Waals surface area contributed by atoms with Crippen LogP contribution >= 0.6 is 0 Å². The summed E-state index contributed by atoms with van der Waals surface area (Å²) in [6.45, 7) is 1.86. The van der Waals surface area contributed by atoms with Crippen molar-refractivity contribution in [3.05, 3.63) is 35.1 Å². The van der Waals surface area contributed by atoms with Gasteiger partial charge in [-0.15, -0.1) is 0 Å². The highest BCUT2D eigenvalue weighted by Crippen LogP contribution is 2.30. The molecule has 2 rings (SSSR count). The highest BCUT2D eigenvalue weighted by molar-refractivity contribution is 5.25. The van der Waals surface area contributed by atoms with Gasteiger partial charge in [0.15, 0.2) is 0 Å². The zero-order valence-electron chi connectivity index (χ0n) is 11.2. The van der Waals surface area contributed by atoms with Gasteiger partial charge in [0, 0.05) is 0 Å². The minimum absolute atomic E-state index is 0.248. The minimum Gasteiger partial charge on any atom is -0.388 e. The van der Waals surface area contributed by atoms with E-state index in [0.29, 0.717) is 0 Å². The maximum atomic E-state index is 13.3. The number of aliphatic hydroxyl groups is 1. The minimum atomic E-state index is -0.513. The fraction of sp³-hybridized carbons (Fsp3) is 0.625. The molecule has 1 unspecified atom stereocenters. The van der Waals surface area contributed by atoms with Crippen molar-refractivity contribution in [2.45, 2.75) is 58.0 Å². The summed E-state index contributed by atoms with van der Waals surface area (Å²) in [5, 5.41) is 10.1. The Morgan fingerprint density at radius 2 is 1.94 bits per heavy atom. The number of aliphatic hydroxyl groups excluding tert-OH is 1. The highest BCUT2D eigenvalue weighted by Gasteiger charge is 2.16. The summed E-state index contributed by atoms with van der Waals surface area (Å²) in [7, 11) is 0. The SMILES string of the molecule is Cc1cc(F)cc(C(O)CCC2CCCCC2)c1. The first-order valence-corrected chi connectivity index (χ1v) is 7.10. The molecule has 0 spiro atoms. The van der Waals surface area contributed by atoms with Crippen LogP contribution in [0.3, 0.4) is 0 Å². The fourth-order valence-corrected chi connectivity index (χ4v) is 2.99. The summed E-state index contributed by atoms with van der Waals surface area (Å²) in [4.78, 5) is 0. The normalized spacial score (nSPS) is 18.8. The third-order valence-electron chi connectivity index (χ3n) is 4.02. The smallest absolute Gasteiger partial charge is 0.123 e. The van der Waals surface area contributed by atoms with Crippen molar-refractivity contribution >= 4 is 0 Å². The molecule has 0 aromatic heterocycles. The zero-order valence-corrected chi connectivity index (χ0v) is 11.2. The number of hydrogen-bond donors (Lipinski definition) is 1. The number of halogens is 1. The van der Waals surface area contributed by atoms with E-state index in [1.165, 1.54) is 44.2 Å². The molecule has 0 bridgehead atoms. The molecule has 100 valence electrons. The van der Waals surface area contributed by atoms with E-state index >= 15 is 0 Å². The topological polar surface area (TPSA) is 20.2 Å². The van der Waals surface area contributed by atoms with E-state index in [1.54, 1.807) is 0 Å². The van der Waals surface area contributed by atoms with Crippen molar-refractivity contribution in [3.63, 3.8) is 0 Å². The molecular formula is C16H23FO. The lowest BCUT2D eigenvalue weighted by Gasteiger charge is -2.22. The van der Waals surface area contributed by atoms with Gasteiger partial charge in [0.25, 0.3) is 0 Å². The van der Waals surface area contributed by atoms with Crippen molar-refractivity contribution in [2.24, 2.45) is 5.92 Å². The van der Waals surface area contributed by atoms with E-state index < -0.39 is 6.10 Å². The second kappa shape index (κ2) is 6.33. The Morgan fingerprint density at radius 3 is 2.61 bits per heavy atom. The molecule has 1 atom stereocenters. The van der Waals surface area contributed by atoms with Crippen LogP contribution in [0.15, 0.2) is 18.2 Å². The third-order valence-corrected chi connectivity index (χ3v) is 4.02. The van der Waals surface area contributed by atoms with Gasteiger partial charge >= 0.3 is 0 Å². The van der Waals surface area contributed by atoms with Gasteiger partial charge in [-0.25, -0.2) is 4.39 Å². The van der Waals surface area contributed by atoms with Crippen molar-refractivity contribution in [3.8, 4) is 0 Å². The van der Waals surface area contributed by atoms with E-state index in [4.69, 9.17) is 0 Å². The molecule has 2 heteroatoms. The van der Waals surface area contributed by atoms with Gasteiger partial charge < -0.3 is 5.11 Å². The van der Waals surface area contributed by atoms with Crippen LogP contribution in [-0.2, 0) is 0 Å². The number of benzene rings is 1. The molecular weight excluding hydrogens is 227 g/mol. The van der Waals surface area contributed by atoms with E-state index in [-0.39, 0.29) is 5.82 Å². The van der Waals surface area contributed by atoms with Crippen LogP contribution in [0.5, 0.6) is 0 Å². The van der Waals surface area contributed by atoms with Gasteiger partial charge in [0.2, 0.25) is 0 Å². The fourth-order valence-electron chi connectivity index (χ4n) is 2.99. The number of hydrogen-bond acceptors (Lipinski definition) is 1. The van der Waals surface area contributed by atoms with E-state index in [2.05, 4.69) is 0 Å². The lowest BCUT2D eigenvalue weighted by atomic mass is 9.85. The van der Waals surface area contributed by atoms with Crippen molar-refractivity contribution in [2.75, 3.05) is 0 Å². The predicted molar refractivity (Wildman–Crippen MR) is 71.9 cm³/mol. The second-order valence-corrected chi connectivity index (χ2v) is 5.66. The molecule has 1 saturated carbocycles. The van der Waals surface area contributed by atoms with Crippen LogP contribution in [0, 0.1) is 18.7 Å². The maximum absolute atomic E-state index is 13.3. The van der Waals surface area contributed by atoms with E-state index in [9.17, 15) is 9.50 Å². The molecule has 0 heterocycles. The molecule has 1 aliphatic carbocycles. The van der Waals surface area contributed by atoms with Gasteiger partial charge in [0.05, 0.1) is 6.10 Å². The van der Waals surface area contributed by atoms with Gasteiger partial charge in [-0.05, 0) is 48.9 Å². The summed E-state index contributed by atoms with van der Waals surface area (Å²) >= 11 is 0. The quantitative estimate of drug-likeness (QED) is 0.832. The molecule has 1 N–H and O–H groups in total. The third kappa shape index (κ3) is 3.81. The summed E-state index contributed by atoms with van der Waals surface area (Å²) in [5.41, 5.74) is 1.60. The standard InChI is InChI=1S/C16H23FO/c1-12-9-14(11-15(17)10-12)16(18)8-7-13-5-3-2-4-6-13/h9-11,13,16,18H,2-8H2,1H3. The zero-order chi connectivity index (χ0) is 13.0. The van der Waals surface area contributed by atoms with Crippen molar-refractivity contribution in [1.29, 1.82) is 0 Å². The average molecular weight is 250 g/mol. The molecule has 1 aliphatic rings. The molecule has 0 aliphatic heterocycles. The van der Waals surface area contributed by atoms with Gasteiger partial charge in [-0.1, -0.05) is 38.2 Å². The Morgan fingerprint density at radius 1 is 1.22 bits per heavy atom. The van der Waals surface area contributed by atoms with Crippen molar-refractivity contribution < 1.29 is 9.50 Å². The van der Waals surface area contributed by atoms with Gasteiger partial charge in [-0.2, -0.15) is 0 Å². The number of rotatable bonds is 4. The van der Waals surface area contributed by atoms with Crippen LogP contribution in [0.25, 0.3) is 0 Å². The summed E-state index contributed by atoms with van der Waals surface area (Å²) in [5.74, 6) is 0.518. The van der Waals surface area contributed by atoms with Crippen LogP contribution in [0.2, 0.25) is 0 Å². The predicted octanol–water partition coefficient (Wildman–Crippen LogP) is 4.53. The molecule has 0 amide bonds. The van der Waals surface area contributed by atoms with Gasteiger partial charge in [-0.3, -0.25) is 0 Å². The molecule has 18 heavy (non-hydrogen) atoms. The average Bonchev–Trinajstić information content (AvgIpc) is 2.36. The Balaban J connectivity index is 1.88. The molecule has 1 aromatic rings. The second-order valence-electron chi connectivity index (χ2n) is 5.66. The lowest BCUT2D eigenvalue weighted by molar-refractivity contribution is 0.151. The molecule has 1 nitrogen and oxygen atoms in total. The van der Waals surface area contributed by atoms with Crippen LogP contribution in [-0.4, -0.2) is 5.11 Å². The summed E-state index contributed by atoms with van der Waals surface area (Å²) in [6.07, 6.45) is 7.94. The highest BCUT2D eigenvalue weighted by atomic mass is 19.1. The van der Waals surface area contributed by atoms with Crippen LogP contribution in [0.1, 0.15) is 62.2 Å². The monoisotopic (exact) mass is 250 g/mol. The summed E-state index contributed by atoms with van der Waals surface area (Å²) in [6, 6.07) is 4.84. The molecule has 1 aromatic carbocycles. The Labute approximate surface area is 109 Å². The molecule has 0 radical (unpaired) electrons. The van der Waals surface area contributed by atoms with Crippen molar-refractivity contribution in [1.82, 2.24) is 0 Å². The molecule has 0 saturated heterocycles. The Kier molecular flexibility index (Phi) is 4.76.